The van der Waals surface area contributed by atoms with Crippen LogP contribution >= 0.6 is 0 Å². The summed E-state index contributed by atoms with van der Waals surface area (Å²) in [5.74, 6) is 0.327. The molecule has 1 aromatic heterocycles. The van der Waals surface area contributed by atoms with Crippen LogP contribution in [0.15, 0.2) is 47.3 Å². The molecule has 1 N–H and O–H groups in total. The van der Waals surface area contributed by atoms with Gasteiger partial charge in [-0.05, 0) is 32.0 Å². The zero-order valence-corrected chi connectivity index (χ0v) is 15.8. The Morgan fingerprint density at radius 1 is 1.33 bits per heavy atom. The Morgan fingerprint density at radius 2 is 2.11 bits per heavy atom. The van der Waals surface area contributed by atoms with Gasteiger partial charge in [0.1, 0.15) is 24.2 Å². The first-order valence-corrected chi connectivity index (χ1v) is 9.08. The number of fused-ring (bicyclic) bond motifs is 1. The van der Waals surface area contributed by atoms with Crippen molar-refractivity contribution in [2.45, 2.75) is 26.0 Å². The van der Waals surface area contributed by atoms with E-state index in [1.54, 1.807) is 24.9 Å². The van der Waals surface area contributed by atoms with Gasteiger partial charge in [0, 0.05) is 13.6 Å². The van der Waals surface area contributed by atoms with E-state index in [2.05, 4.69) is 17.1 Å². The Morgan fingerprint density at radius 3 is 2.81 bits per heavy atom. The average molecular weight is 371 g/mol. The van der Waals surface area contributed by atoms with Gasteiger partial charge in [-0.15, -0.1) is 0 Å². The Kier molecular flexibility index (Phi) is 5.69. The van der Waals surface area contributed by atoms with Gasteiger partial charge in [0.25, 0.3) is 5.91 Å². The summed E-state index contributed by atoms with van der Waals surface area (Å²) in [6.45, 7) is 5.79. The molecule has 7 heteroatoms. The molecule has 1 aliphatic rings. The van der Waals surface area contributed by atoms with Crippen LogP contribution in [0, 0.1) is 0 Å². The van der Waals surface area contributed by atoms with E-state index in [9.17, 15) is 9.59 Å². The molecule has 0 saturated heterocycles. The predicted molar refractivity (Wildman–Crippen MR) is 102 cm³/mol. The van der Waals surface area contributed by atoms with E-state index >= 15 is 0 Å². The Hall–Kier alpha value is -2.96. The molecule has 0 saturated carbocycles. The van der Waals surface area contributed by atoms with Crippen molar-refractivity contribution in [2.24, 2.45) is 0 Å². The van der Waals surface area contributed by atoms with Crippen molar-refractivity contribution in [3.8, 4) is 5.75 Å². The van der Waals surface area contributed by atoms with Gasteiger partial charge in [-0.1, -0.05) is 12.1 Å². The van der Waals surface area contributed by atoms with Gasteiger partial charge < -0.3 is 24.3 Å². The Balaban J connectivity index is 1.59. The van der Waals surface area contributed by atoms with E-state index in [1.807, 2.05) is 24.3 Å². The maximum absolute atomic E-state index is 12.6. The molecule has 27 heavy (non-hydrogen) atoms. The molecule has 2 unspecified atom stereocenters. The number of rotatable bonds is 6. The number of furan rings is 1. The zero-order chi connectivity index (χ0) is 19.4. The topological polar surface area (TPSA) is 75.0 Å². The predicted octanol–water partition coefficient (Wildman–Crippen LogP) is 2.14. The maximum atomic E-state index is 12.6. The van der Waals surface area contributed by atoms with E-state index in [0.29, 0.717) is 18.7 Å². The summed E-state index contributed by atoms with van der Waals surface area (Å²) >= 11 is 0. The lowest BCUT2D eigenvalue weighted by Gasteiger charge is -2.37. The lowest BCUT2D eigenvalue weighted by Crippen LogP contribution is -2.51. The third-order valence-electron chi connectivity index (χ3n) is 4.66. The van der Waals surface area contributed by atoms with Crippen molar-refractivity contribution in [2.75, 3.05) is 31.6 Å². The number of ether oxygens (including phenoxy) is 1. The molecule has 0 radical (unpaired) electrons. The first-order valence-electron chi connectivity index (χ1n) is 9.08. The van der Waals surface area contributed by atoms with Crippen LogP contribution in [-0.2, 0) is 4.79 Å². The number of hydrogen-bond acceptors (Lipinski definition) is 5. The van der Waals surface area contributed by atoms with Gasteiger partial charge in [-0.2, -0.15) is 0 Å². The number of likely N-dealkylation sites (N-methyl/N-ethyl adjacent to an activating group) is 2. The Labute approximate surface area is 158 Å². The number of carbonyl (C=O) groups excluding carboxylic acids is 2. The van der Waals surface area contributed by atoms with Crippen LogP contribution in [0.3, 0.4) is 0 Å². The third-order valence-corrected chi connectivity index (χ3v) is 4.66. The molecule has 2 heterocycles. The first-order chi connectivity index (χ1) is 13.0. The van der Waals surface area contributed by atoms with Gasteiger partial charge in [-0.25, -0.2) is 0 Å². The van der Waals surface area contributed by atoms with Crippen molar-refractivity contribution >= 4 is 17.5 Å². The van der Waals surface area contributed by atoms with E-state index in [0.717, 1.165) is 18.0 Å². The van der Waals surface area contributed by atoms with Crippen molar-refractivity contribution in [3.63, 3.8) is 0 Å². The molecule has 1 aliphatic heterocycles. The number of nitrogens with one attached hydrogen (secondary N) is 1. The quantitative estimate of drug-likeness (QED) is 0.842. The van der Waals surface area contributed by atoms with Crippen LogP contribution in [-0.4, -0.2) is 55.5 Å². The minimum Gasteiger partial charge on any atom is -0.485 e. The number of anilines is 1. The molecule has 0 fully saturated rings. The van der Waals surface area contributed by atoms with Crippen LogP contribution in [0.5, 0.6) is 5.75 Å². The molecule has 3 rings (SSSR count). The molecule has 1 aromatic carbocycles. The van der Waals surface area contributed by atoms with Crippen LogP contribution in [0.4, 0.5) is 5.69 Å². The zero-order valence-electron chi connectivity index (χ0n) is 15.8. The molecule has 0 spiro atoms. The van der Waals surface area contributed by atoms with E-state index < -0.39 is 6.04 Å². The number of nitrogens with zero attached hydrogens (tertiary/aromatic N) is 2. The van der Waals surface area contributed by atoms with Crippen molar-refractivity contribution in [3.05, 3.63) is 48.4 Å². The van der Waals surface area contributed by atoms with E-state index in [-0.39, 0.29) is 17.9 Å². The second kappa shape index (κ2) is 8.16. The number of amides is 2. The summed E-state index contributed by atoms with van der Waals surface area (Å²) in [7, 11) is 1.73. The smallest absolute Gasteiger partial charge is 0.255 e. The molecule has 7 nitrogen and oxygen atoms in total. The highest BCUT2D eigenvalue weighted by molar-refractivity contribution is 5.97. The number of benzene rings is 1. The SMILES string of the molecule is CCN1CC(CN(C)C(=O)C(C)NC(=O)c2ccoc2)Oc2ccccc21. The van der Waals surface area contributed by atoms with Crippen molar-refractivity contribution in [1.29, 1.82) is 0 Å². The molecule has 2 aromatic rings. The maximum Gasteiger partial charge on any atom is 0.255 e. The largest absolute Gasteiger partial charge is 0.485 e. The molecular formula is C20H25N3O4. The lowest BCUT2D eigenvalue weighted by molar-refractivity contribution is -0.132. The monoisotopic (exact) mass is 371 g/mol. The molecule has 2 atom stereocenters. The summed E-state index contributed by atoms with van der Waals surface area (Å²) in [4.78, 5) is 28.6. The van der Waals surface area contributed by atoms with E-state index in [4.69, 9.17) is 9.15 Å². The van der Waals surface area contributed by atoms with Gasteiger partial charge >= 0.3 is 0 Å². The highest BCUT2D eigenvalue weighted by Crippen LogP contribution is 2.32. The van der Waals surface area contributed by atoms with Gasteiger partial charge in [0.15, 0.2) is 0 Å². The summed E-state index contributed by atoms with van der Waals surface area (Å²) in [5.41, 5.74) is 1.47. The van der Waals surface area contributed by atoms with Gasteiger partial charge in [0.2, 0.25) is 5.91 Å². The number of para-hydroxylation sites is 2. The van der Waals surface area contributed by atoms with Crippen LogP contribution in [0.25, 0.3) is 0 Å². The summed E-state index contributed by atoms with van der Waals surface area (Å²) < 4.78 is 11.0. The molecule has 144 valence electrons. The van der Waals surface area contributed by atoms with Crippen molar-refractivity contribution in [1.82, 2.24) is 10.2 Å². The third kappa shape index (κ3) is 4.24. The fraction of sp³-hybridized carbons (Fsp3) is 0.400. The van der Waals surface area contributed by atoms with Crippen LogP contribution < -0.4 is 15.0 Å². The first kappa shape index (κ1) is 18.8. The van der Waals surface area contributed by atoms with Crippen LogP contribution in [0.2, 0.25) is 0 Å². The minimum absolute atomic E-state index is 0.134. The Bertz CT molecular complexity index is 790. The van der Waals surface area contributed by atoms with Gasteiger partial charge in [0.05, 0.1) is 30.6 Å². The normalized spacial score (nSPS) is 16.9. The van der Waals surface area contributed by atoms with Crippen LogP contribution in [0.1, 0.15) is 24.2 Å². The molecule has 2 amide bonds. The average Bonchev–Trinajstić information content (AvgIpc) is 3.21. The fourth-order valence-corrected chi connectivity index (χ4v) is 3.23. The summed E-state index contributed by atoms with van der Waals surface area (Å²) in [6, 6.07) is 8.83. The summed E-state index contributed by atoms with van der Waals surface area (Å²) in [6.07, 6.45) is 2.64. The number of hydrogen-bond donors (Lipinski definition) is 1. The molecule has 0 aliphatic carbocycles. The molecular weight excluding hydrogens is 346 g/mol. The highest BCUT2D eigenvalue weighted by atomic mass is 16.5. The second-order valence-corrected chi connectivity index (χ2v) is 6.67. The molecule has 0 bridgehead atoms. The van der Waals surface area contributed by atoms with Gasteiger partial charge in [-0.3, -0.25) is 9.59 Å². The number of carbonyl (C=O) groups is 2. The second-order valence-electron chi connectivity index (χ2n) is 6.67. The van der Waals surface area contributed by atoms with Crippen molar-refractivity contribution < 1.29 is 18.7 Å². The minimum atomic E-state index is -0.643. The van der Waals surface area contributed by atoms with E-state index in [1.165, 1.54) is 12.5 Å². The highest BCUT2D eigenvalue weighted by Gasteiger charge is 2.28. The fourth-order valence-electron chi connectivity index (χ4n) is 3.23. The summed E-state index contributed by atoms with van der Waals surface area (Å²) in [5, 5.41) is 2.69. The lowest BCUT2D eigenvalue weighted by atomic mass is 10.1. The standard InChI is InChI=1S/C20H25N3O4/c1-4-23-12-16(27-18-8-6-5-7-17(18)23)11-22(3)20(25)14(2)21-19(24)15-9-10-26-13-15/h5-10,13-14,16H,4,11-12H2,1-3H3,(H,21,24).